The van der Waals surface area contributed by atoms with Crippen molar-refractivity contribution in [1.82, 2.24) is 15.3 Å². The van der Waals surface area contributed by atoms with E-state index in [2.05, 4.69) is 15.3 Å². The molecule has 0 saturated heterocycles. The van der Waals surface area contributed by atoms with Crippen LogP contribution in [0.15, 0.2) is 66.7 Å². The molecule has 0 aliphatic carbocycles. The van der Waals surface area contributed by atoms with Crippen LogP contribution in [0.25, 0.3) is 22.2 Å². The zero-order valence-corrected chi connectivity index (χ0v) is 20.6. The first-order valence-corrected chi connectivity index (χ1v) is 12.2. The number of hydrogen-bond acceptors (Lipinski definition) is 4. The Labute approximate surface area is 214 Å². The number of imidazole rings is 1. The predicted octanol–water partition coefficient (Wildman–Crippen LogP) is 4.87. The van der Waals surface area contributed by atoms with Crippen molar-refractivity contribution in [3.8, 4) is 11.1 Å². The summed E-state index contributed by atoms with van der Waals surface area (Å²) in [7, 11) is 0. The Morgan fingerprint density at radius 2 is 1.75 bits per heavy atom. The number of aliphatic hydroxyl groups excluding tert-OH is 1. The first kappa shape index (κ1) is 25.4. The zero-order valence-electron chi connectivity index (χ0n) is 19.9. The molecule has 0 radical (unpaired) electrons. The van der Waals surface area contributed by atoms with Crippen LogP contribution in [0.2, 0.25) is 5.02 Å². The lowest BCUT2D eigenvalue weighted by Gasteiger charge is -2.22. The summed E-state index contributed by atoms with van der Waals surface area (Å²) in [5.74, 6) is -1.71. The molecule has 0 fully saturated rings. The molecule has 2 atom stereocenters. The Morgan fingerprint density at radius 1 is 1.06 bits per heavy atom. The van der Waals surface area contributed by atoms with Gasteiger partial charge in [0.05, 0.1) is 23.1 Å². The van der Waals surface area contributed by atoms with E-state index >= 15 is 0 Å². The molecular formula is C28H28ClN3O4. The molecule has 4 rings (SSSR count). The molecule has 0 spiro atoms. The van der Waals surface area contributed by atoms with Crippen LogP contribution in [0.1, 0.15) is 35.1 Å². The van der Waals surface area contributed by atoms with E-state index in [1.807, 2.05) is 61.5 Å². The van der Waals surface area contributed by atoms with E-state index < -0.39 is 24.5 Å². The van der Waals surface area contributed by atoms with Crippen molar-refractivity contribution in [2.24, 2.45) is 5.92 Å². The fraction of sp³-hybridized carbons (Fsp3) is 0.250. The van der Waals surface area contributed by atoms with Crippen molar-refractivity contribution < 1.29 is 19.8 Å². The van der Waals surface area contributed by atoms with Crippen LogP contribution in [0, 0.1) is 5.92 Å². The van der Waals surface area contributed by atoms with Gasteiger partial charge in [-0.25, -0.2) is 4.98 Å². The maximum absolute atomic E-state index is 13.2. The number of aromatic amines is 1. The number of carbonyl (C=O) groups is 2. The number of aryl methyl sites for hydroxylation is 1. The molecule has 8 heteroatoms. The van der Waals surface area contributed by atoms with E-state index in [9.17, 15) is 19.8 Å². The lowest BCUT2D eigenvalue weighted by molar-refractivity contribution is -0.143. The summed E-state index contributed by atoms with van der Waals surface area (Å²) >= 11 is 6.38. The summed E-state index contributed by atoms with van der Waals surface area (Å²) < 4.78 is 0. The highest BCUT2D eigenvalue weighted by Crippen LogP contribution is 2.25. The number of rotatable bonds is 10. The minimum Gasteiger partial charge on any atom is -0.481 e. The van der Waals surface area contributed by atoms with Gasteiger partial charge in [-0.15, -0.1) is 0 Å². The summed E-state index contributed by atoms with van der Waals surface area (Å²) in [5, 5.41) is 22.4. The van der Waals surface area contributed by atoms with E-state index in [1.165, 1.54) is 0 Å². The van der Waals surface area contributed by atoms with Gasteiger partial charge >= 0.3 is 5.97 Å². The van der Waals surface area contributed by atoms with Crippen LogP contribution in [0.5, 0.6) is 0 Å². The van der Waals surface area contributed by atoms with Gasteiger partial charge in [0.25, 0.3) is 5.91 Å². The van der Waals surface area contributed by atoms with Crippen LogP contribution in [0.4, 0.5) is 0 Å². The highest BCUT2D eigenvalue weighted by molar-refractivity contribution is 6.35. The summed E-state index contributed by atoms with van der Waals surface area (Å²) in [4.78, 5) is 32.4. The fourth-order valence-electron chi connectivity index (χ4n) is 4.23. The average Bonchev–Trinajstić information content (AvgIpc) is 3.32. The van der Waals surface area contributed by atoms with Gasteiger partial charge in [-0.3, -0.25) is 9.59 Å². The molecular weight excluding hydrogens is 478 g/mol. The Hall–Kier alpha value is -3.68. The van der Waals surface area contributed by atoms with Gasteiger partial charge in [-0.05, 0) is 41.7 Å². The Kier molecular flexibility index (Phi) is 8.03. The molecule has 4 N–H and O–H groups in total. The van der Waals surface area contributed by atoms with Gasteiger partial charge in [0.2, 0.25) is 0 Å². The van der Waals surface area contributed by atoms with Gasteiger partial charge in [-0.2, -0.15) is 0 Å². The van der Waals surface area contributed by atoms with Gasteiger partial charge in [0.15, 0.2) is 0 Å². The molecule has 1 unspecified atom stereocenters. The topological polar surface area (TPSA) is 115 Å². The number of amides is 1. The predicted molar refractivity (Wildman–Crippen MR) is 140 cm³/mol. The monoisotopic (exact) mass is 505 g/mol. The summed E-state index contributed by atoms with van der Waals surface area (Å²) in [6.07, 6.45) is 1.19. The quantitative estimate of drug-likeness (QED) is 0.245. The Bertz CT molecular complexity index is 1350. The maximum Gasteiger partial charge on any atom is 0.308 e. The third-order valence-electron chi connectivity index (χ3n) is 6.20. The van der Waals surface area contributed by atoms with E-state index in [1.54, 1.807) is 12.1 Å². The van der Waals surface area contributed by atoms with Gasteiger partial charge in [-0.1, -0.05) is 73.1 Å². The molecule has 0 saturated carbocycles. The molecule has 7 nitrogen and oxygen atoms in total. The highest BCUT2D eigenvalue weighted by atomic mass is 35.5. The minimum atomic E-state index is -1.11. The maximum atomic E-state index is 13.2. The normalized spacial score (nSPS) is 12.9. The lowest BCUT2D eigenvalue weighted by Crippen LogP contribution is -2.39. The number of carbonyl (C=O) groups excluding carboxylic acids is 1. The number of carboxylic acids is 1. The van der Waals surface area contributed by atoms with Crippen LogP contribution in [-0.4, -0.2) is 44.7 Å². The standard InChI is InChI=1S/C28H28ClN3O4/c1-2-25-31-24-15-20(14-23(29)26(24)32-25)27(34)30-22(13-21(16-33)28(35)36)12-17-8-10-19(11-9-17)18-6-4-3-5-7-18/h3-11,14-15,21-22,33H,2,12-13,16H2,1H3,(H,30,34)(H,31,32)(H,35,36)/t21-,22?/m1/s1. The first-order chi connectivity index (χ1) is 17.4. The number of H-pyrrole nitrogens is 1. The number of aliphatic carboxylic acids is 1. The number of aliphatic hydroxyl groups is 1. The molecule has 1 heterocycles. The highest BCUT2D eigenvalue weighted by Gasteiger charge is 2.24. The largest absolute Gasteiger partial charge is 0.481 e. The molecule has 0 aliphatic heterocycles. The SMILES string of the molecule is CCc1nc2c(Cl)cc(C(=O)NC(Cc3ccc(-c4ccccc4)cc3)C[C@H](CO)C(=O)O)cc2[nH]1. The second-order valence-corrected chi connectivity index (χ2v) is 9.19. The molecule has 0 bridgehead atoms. The lowest BCUT2D eigenvalue weighted by atomic mass is 9.94. The van der Waals surface area contributed by atoms with Crippen LogP contribution >= 0.6 is 11.6 Å². The third-order valence-corrected chi connectivity index (χ3v) is 6.49. The van der Waals surface area contributed by atoms with E-state index in [0.717, 1.165) is 22.5 Å². The van der Waals surface area contributed by atoms with Crippen molar-refractivity contribution in [2.75, 3.05) is 6.61 Å². The van der Waals surface area contributed by atoms with Crippen LogP contribution in [0.3, 0.4) is 0 Å². The molecule has 36 heavy (non-hydrogen) atoms. The number of aromatic nitrogens is 2. The van der Waals surface area contributed by atoms with Gasteiger partial charge < -0.3 is 20.5 Å². The zero-order chi connectivity index (χ0) is 25.7. The van der Waals surface area contributed by atoms with Crippen molar-refractivity contribution in [3.63, 3.8) is 0 Å². The summed E-state index contributed by atoms with van der Waals surface area (Å²) in [6.45, 7) is 1.45. The second-order valence-electron chi connectivity index (χ2n) is 8.78. The molecule has 1 aromatic heterocycles. The van der Waals surface area contributed by atoms with Crippen molar-refractivity contribution in [1.29, 1.82) is 0 Å². The van der Waals surface area contributed by atoms with Crippen LogP contribution in [-0.2, 0) is 17.6 Å². The summed E-state index contributed by atoms with van der Waals surface area (Å²) in [6, 6.07) is 20.7. The molecule has 0 aliphatic rings. The number of benzene rings is 3. The minimum absolute atomic E-state index is 0.0814. The van der Waals surface area contributed by atoms with E-state index in [0.29, 0.717) is 34.5 Å². The number of nitrogens with one attached hydrogen (secondary N) is 2. The Morgan fingerprint density at radius 3 is 2.39 bits per heavy atom. The Balaban J connectivity index is 1.56. The number of halogens is 1. The molecule has 3 aromatic carbocycles. The number of nitrogens with zero attached hydrogens (tertiary/aromatic N) is 1. The van der Waals surface area contributed by atoms with Crippen molar-refractivity contribution in [2.45, 2.75) is 32.2 Å². The molecule has 186 valence electrons. The van der Waals surface area contributed by atoms with E-state index in [4.69, 9.17) is 11.6 Å². The average molecular weight is 506 g/mol. The van der Waals surface area contributed by atoms with Crippen LogP contribution < -0.4 is 5.32 Å². The van der Waals surface area contributed by atoms with Gasteiger partial charge in [0.1, 0.15) is 11.3 Å². The van der Waals surface area contributed by atoms with Crippen molar-refractivity contribution in [3.05, 3.63) is 88.7 Å². The van der Waals surface area contributed by atoms with Gasteiger partial charge in [0, 0.05) is 18.0 Å². The first-order valence-electron chi connectivity index (χ1n) is 11.8. The number of carboxylic acid groups (broad SMARTS) is 1. The number of fused-ring (bicyclic) bond motifs is 1. The summed E-state index contributed by atoms with van der Waals surface area (Å²) in [5.41, 5.74) is 4.71. The molecule has 4 aromatic rings. The van der Waals surface area contributed by atoms with E-state index in [-0.39, 0.29) is 12.3 Å². The third kappa shape index (κ3) is 5.93. The number of hydrogen-bond donors (Lipinski definition) is 4. The molecule has 1 amide bonds. The second kappa shape index (κ2) is 11.4. The fourth-order valence-corrected chi connectivity index (χ4v) is 4.49. The smallest absolute Gasteiger partial charge is 0.308 e. The van der Waals surface area contributed by atoms with Crippen molar-refractivity contribution >= 4 is 34.5 Å².